The van der Waals surface area contributed by atoms with Crippen LogP contribution in [0.15, 0.2) is 35.5 Å². The van der Waals surface area contributed by atoms with E-state index in [1.54, 1.807) is 6.92 Å². The summed E-state index contributed by atoms with van der Waals surface area (Å²) in [5.74, 6) is -0.395. The zero-order valence-corrected chi connectivity index (χ0v) is 12.5. The van der Waals surface area contributed by atoms with Crippen LogP contribution in [0.5, 0.6) is 0 Å². The first kappa shape index (κ1) is 15.1. The van der Waals surface area contributed by atoms with Gasteiger partial charge in [0.05, 0.1) is 18.2 Å². The highest BCUT2D eigenvalue weighted by Gasteiger charge is 2.32. The van der Waals surface area contributed by atoms with Gasteiger partial charge in [-0.05, 0) is 25.8 Å². The molecule has 1 aliphatic heterocycles. The van der Waals surface area contributed by atoms with Crippen LogP contribution in [0.2, 0.25) is 0 Å². The molecule has 21 heavy (non-hydrogen) atoms. The fourth-order valence-electron chi connectivity index (χ4n) is 2.34. The monoisotopic (exact) mass is 288 g/mol. The molecule has 0 spiro atoms. The first-order valence-electron chi connectivity index (χ1n) is 7.05. The predicted octanol–water partition coefficient (Wildman–Crippen LogP) is 2.58. The average molecular weight is 288 g/mol. The van der Waals surface area contributed by atoms with E-state index >= 15 is 0 Å². The maximum absolute atomic E-state index is 12.3. The molecule has 1 atom stereocenters. The van der Waals surface area contributed by atoms with Crippen LogP contribution >= 0.6 is 0 Å². The number of hydrogen-bond donors (Lipinski definition) is 2. The summed E-state index contributed by atoms with van der Waals surface area (Å²) in [6.07, 6.45) is 0.757. The fraction of sp³-hybridized carbons (Fsp3) is 0.375. The number of amides is 2. The lowest BCUT2D eigenvalue weighted by Crippen LogP contribution is -2.45. The quantitative estimate of drug-likeness (QED) is 0.837. The van der Waals surface area contributed by atoms with Gasteiger partial charge in [0.25, 0.3) is 0 Å². The van der Waals surface area contributed by atoms with Crippen molar-refractivity contribution in [3.63, 3.8) is 0 Å². The van der Waals surface area contributed by atoms with Gasteiger partial charge in [-0.25, -0.2) is 9.59 Å². The zero-order chi connectivity index (χ0) is 15.4. The Labute approximate surface area is 124 Å². The molecule has 0 radical (unpaired) electrons. The van der Waals surface area contributed by atoms with Crippen molar-refractivity contribution < 1.29 is 14.3 Å². The predicted molar refractivity (Wildman–Crippen MR) is 79.5 cm³/mol. The molecule has 0 aliphatic carbocycles. The number of allylic oxidation sites excluding steroid dienone is 1. The molecular formula is C16H20N2O3. The number of rotatable bonds is 4. The Bertz CT molecular complexity index is 593. The van der Waals surface area contributed by atoms with Crippen LogP contribution in [0.4, 0.5) is 4.79 Å². The normalized spacial score (nSPS) is 18.0. The second-order valence-corrected chi connectivity index (χ2v) is 5.12. The van der Waals surface area contributed by atoms with Gasteiger partial charge in [0.15, 0.2) is 0 Å². The van der Waals surface area contributed by atoms with Crippen molar-refractivity contribution in [1.82, 2.24) is 10.6 Å². The van der Waals surface area contributed by atoms with Crippen LogP contribution in [-0.4, -0.2) is 18.6 Å². The largest absolute Gasteiger partial charge is 0.462 e. The van der Waals surface area contributed by atoms with E-state index in [0.717, 1.165) is 17.5 Å². The van der Waals surface area contributed by atoms with Crippen LogP contribution in [-0.2, 0) is 9.53 Å². The second-order valence-electron chi connectivity index (χ2n) is 5.12. The molecule has 5 heteroatoms. The Morgan fingerprint density at radius 3 is 2.76 bits per heavy atom. The number of esters is 1. The van der Waals surface area contributed by atoms with Crippen LogP contribution in [0.3, 0.4) is 0 Å². The van der Waals surface area contributed by atoms with Gasteiger partial charge in [-0.2, -0.15) is 0 Å². The van der Waals surface area contributed by atoms with Gasteiger partial charge in [-0.1, -0.05) is 36.8 Å². The lowest BCUT2D eigenvalue weighted by atomic mass is 9.94. The summed E-state index contributed by atoms with van der Waals surface area (Å²) >= 11 is 0. The van der Waals surface area contributed by atoms with Gasteiger partial charge >= 0.3 is 12.0 Å². The van der Waals surface area contributed by atoms with Crippen molar-refractivity contribution in [2.75, 3.05) is 6.61 Å². The maximum Gasteiger partial charge on any atom is 0.338 e. The van der Waals surface area contributed by atoms with E-state index in [9.17, 15) is 9.59 Å². The van der Waals surface area contributed by atoms with Crippen molar-refractivity contribution in [2.24, 2.45) is 0 Å². The molecular weight excluding hydrogens is 268 g/mol. The Hall–Kier alpha value is -2.30. The second kappa shape index (κ2) is 6.43. The standard InChI is InChI=1S/C16H20N2O3/c1-4-8-21-15(19)13-11(3)17-16(20)18-14(13)12-7-5-6-10(2)9-12/h5-7,9,14H,4,8H2,1-3H3,(H2,17,18,20). The maximum atomic E-state index is 12.3. The highest BCUT2D eigenvalue weighted by molar-refractivity contribution is 5.95. The molecule has 5 nitrogen and oxygen atoms in total. The Morgan fingerprint density at radius 2 is 2.10 bits per heavy atom. The van der Waals surface area contributed by atoms with Gasteiger partial charge in [0, 0.05) is 5.70 Å². The van der Waals surface area contributed by atoms with E-state index in [2.05, 4.69) is 10.6 Å². The molecule has 2 rings (SSSR count). The Balaban J connectivity index is 2.38. The molecule has 1 aliphatic rings. The van der Waals surface area contributed by atoms with Crippen molar-refractivity contribution in [3.8, 4) is 0 Å². The Morgan fingerprint density at radius 1 is 1.33 bits per heavy atom. The fourth-order valence-corrected chi connectivity index (χ4v) is 2.34. The lowest BCUT2D eigenvalue weighted by Gasteiger charge is -2.28. The van der Waals surface area contributed by atoms with Crippen molar-refractivity contribution in [2.45, 2.75) is 33.2 Å². The number of ether oxygens (including phenoxy) is 1. The molecule has 0 aromatic heterocycles. The minimum Gasteiger partial charge on any atom is -0.462 e. The van der Waals surface area contributed by atoms with E-state index in [0.29, 0.717) is 17.9 Å². The molecule has 0 bridgehead atoms. The number of benzene rings is 1. The summed E-state index contributed by atoms with van der Waals surface area (Å²) in [4.78, 5) is 24.0. The van der Waals surface area contributed by atoms with Crippen molar-refractivity contribution in [1.29, 1.82) is 0 Å². The van der Waals surface area contributed by atoms with Gasteiger partial charge in [0.2, 0.25) is 0 Å². The number of hydrogen-bond acceptors (Lipinski definition) is 3. The molecule has 2 N–H and O–H groups in total. The lowest BCUT2D eigenvalue weighted by molar-refractivity contribution is -0.139. The van der Waals surface area contributed by atoms with Crippen LogP contribution < -0.4 is 10.6 Å². The summed E-state index contributed by atoms with van der Waals surface area (Å²) in [5, 5.41) is 5.42. The average Bonchev–Trinajstić information content (AvgIpc) is 2.44. The third kappa shape index (κ3) is 3.42. The molecule has 1 aromatic rings. The van der Waals surface area contributed by atoms with E-state index in [-0.39, 0.29) is 6.03 Å². The molecule has 1 heterocycles. The van der Waals surface area contributed by atoms with Crippen molar-refractivity contribution in [3.05, 3.63) is 46.7 Å². The van der Waals surface area contributed by atoms with Crippen molar-refractivity contribution >= 4 is 12.0 Å². The third-order valence-electron chi connectivity index (χ3n) is 3.30. The minimum absolute atomic E-state index is 0.314. The Kier molecular flexibility index (Phi) is 4.62. The zero-order valence-electron chi connectivity index (χ0n) is 12.5. The van der Waals surface area contributed by atoms with Gasteiger partial charge in [-0.3, -0.25) is 0 Å². The molecule has 0 saturated heterocycles. The van der Waals surface area contributed by atoms with Crippen LogP contribution in [0, 0.1) is 6.92 Å². The summed E-state index contributed by atoms with van der Waals surface area (Å²) < 4.78 is 5.23. The number of aryl methyl sites for hydroxylation is 1. The number of carbonyl (C=O) groups is 2. The number of urea groups is 1. The van der Waals surface area contributed by atoms with E-state index in [1.165, 1.54) is 0 Å². The minimum atomic E-state index is -0.483. The molecule has 1 unspecified atom stereocenters. The van der Waals surface area contributed by atoms with E-state index in [1.807, 2.05) is 38.1 Å². The molecule has 2 amide bonds. The highest BCUT2D eigenvalue weighted by atomic mass is 16.5. The molecule has 1 aromatic carbocycles. The SMILES string of the molecule is CCCOC(=O)C1=C(C)NC(=O)NC1c1cccc(C)c1. The summed E-state index contributed by atoms with van der Waals surface area (Å²) in [6, 6.07) is 6.93. The highest BCUT2D eigenvalue weighted by Crippen LogP contribution is 2.28. The first-order chi connectivity index (χ1) is 10.0. The topological polar surface area (TPSA) is 67.4 Å². The van der Waals surface area contributed by atoms with Crippen LogP contribution in [0.25, 0.3) is 0 Å². The molecule has 0 saturated carbocycles. The summed E-state index contributed by atoms with van der Waals surface area (Å²) in [5.41, 5.74) is 2.92. The molecule has 0 fully saturated rings. The smallest absolute Gasteiger partial charge is 0.338 e. The van der Waals surface area contributed by atoms with Gasteiger partial charge in [-0.15, -0.1) is 0 Å². The summed E-state index contributed by atoms with van der Waals surface area (Å²) in [7, 11) is 0. The van der Waals surface area contributed by atoms with Crippen LogP contribution in [0.1, 0.15) is 37.4 Å². The van der Waals surface area contributed by atoms with Gasteiger partial charge < -0.3 is 15.4 Å². The number of nitrogens with one attached hydrogen (secondary N) is 2. The third-order valence-corrected chi connectivity index (χ3v) is 3.30. The summed E-state index contributed by atoms with van der Waals surface area (Å²) in [6.45, 7) is 5.99. The molecule has 112 valence electrons. The number of carbonyl (C=O) groups excluding carboxylic acids is 2. The first-order valence-corrected chi connectivity index (χ1v) is 7.05. The van der Waals surface area contributed by atoms with E-state index in [4.69, 9.17) is 4.74 Å². The van der Waals surface area contributed by atoms with Gasteiger partial charge in [0.1, 0.15) is 0 Å². The van der Waals surface area contributed by atoms with E-state index < -0.39 is 12.0 Å².